The SMILES string of the molecule is CCC(C)[C@H](NC(=O)[C@@H](C)Cc1cnc[nH]1)C(=O)N[C@@H](CC(C)C)C(=O)NCc1ccc(CNC(=O)CN(CCNC)CCNC)cc1. The molecule has 0 aliphatic carbocycles. The van der Waals surface area contributed by atoms with E-state index < -0.39 is 12.1 Å². The second-order valence-corrected chi connectivity index (χ2v) is 13.0. The molecule has 1 unspecified atom stereocenters. The highest BCUT2D eigenvalue weighted by Gasteiger charge is 2.31. The minimum absolute atomic E-state index is 0.0319. The third-order valence-electron chi connectivity index (χ3n) is 8.36. The summed E-state index contributed by atoms with van der Waals surface area (Å²) in [5.74, 6) is -1.25. The first kappa shape index (κ1) is 40.4. The maximum Gasteiger partial charge on any atom is 0.243 e. The molecule has 0 radical (unpaired) electrons. The fraction of sp³-hybridized carbons (Fsp3) is 0.629. The van der Waals surface area contributed by atoms with Crippen molar-refractivity contribution in [2.24, 2.45) is 17.8 Å². The van der Waals surface area contributed by atoms with Crippen LogP contribution in [0.5, 0.6) is 0 Å². The van der Waals surface area contributed by atoms with E-state index in [1.807, 2.05) is 73.0 Å². The Morgan fingerprint density at radius 1 is 0.833 bits per heavy atom. The summed E-state index contributed by atoms with van der Waals surface area (Å²) < 4.78 is 0. The Kier molecular flexibility index (Phi) is 18.5. The average molecular weight is 670 g/mol. The van der Waals surface area contributed by atoms with Crippen LogP contribution >= 0.6 is 0 Å². The van der Waals surface area contributed by atoms with Gasteiger partial charge in [0.05, 0.1) is 12.9 Å². The first-order chi connectivity index (χ1) is 23.0. The van der Waals surface area contributed by atoms with Gasteiger partial charge in [0.25, 0.3) is 0 Å². The highest BCUT2D eigenvalue weighted by atomic mass is 16.2. The standard InChI is InChI=1S/C35H59N9O4/c1-8-25(4)32(43-33(46)26(5)18-29-21-38-23-41-29)35(48)42-30(17-24(2)3)34(47)40-20-28-11-9-27(10-12-28)19-39-31(45)22-44(15-13-36-6)16-14-37-7/h9-12,21,23-26,30,32,36-37H,8,13-20,22H2,1-7H3,(H,38,41)(H,39,45)(H,40,47)(H,42,48)(H,43,46)/t25?,26-,30-,32-/m0/s1. The molecule has 0 saturated heterocycles. The normalized spacial score (nSPS) is 13.9. The van der Waals surface area contributed by atoms with E-state index in [2.05, 4.69) is 46.8 Å². The second kappa shape index (κ2) is 21.9. The van der Waals surface area contributed by atoms with Crippen LogP contribution in [0.2, 0.25) is 0 Å². The summed E-state index contributed by atoms with van der Waals surface area (Å²) in [6.07, 6.45) is 4.86. The Morgan fingerprint density at radius 2 is 1.44 bits per heavy atom. The summed E-state index contributed by atoms with van der Waals surface area (Å²) in [6.45, 7) is 13.9. The van der Waals surface area contributed by atoms with E-state index in [0.717, 1.165) is 43.0 Å². The second-order valence-electron chi connectivity index (χ2n) is 13.0. The van der Waals surface area contributed by atoms with Gasteiger partial charge in [0.15, 0.2) is 0 Å². The quantitative estimate of drug-likeness (QED) is 0.0929. The molecular formula is C35H59N9O4. The fourth-order valence-electron chi connectivity index (χ4n) is 5.14. The number of amides is 4. The van der Waals surface area contributed by atoms with E-state index >= 15 is 0 Å². The number of hydrogen-bond acceptors (Lipinski definition) is 8. The number of likely N-dealkylation sites (N-methyl/N-ethyl adjacent to an activating group) is 2. The number of aromatic nitrogens is 2. The van der Waals surface area contributed by atoms with E-state index in [-0.39, 0.29) is 41.4 Å². The molecule has 268 valence electrons. The van der Waals surface area contributed by atoms with Crippen LogP contribution in [0, 0.1) is 17.8 Å². The molecule has 4 amide bonds. The van der Waals surface area contributed by atoms with Gasteiger partial charge >= 0.3 is 0 Å². The topological polar surface area (TPSA) is 172 Å². The van der Waals surface area contributed by atoms with Crippen LogP contribution in [0.15, 0.2) is 36.8 Å². The maximum atomic E-state index is 13.5. The van der Waals surface area contributed by atoms with E-state index in [1.165, 1.54) is 0 Å². The molecule has 13 heteroatoms. The summed E-state index contributed by atoms with van der Waals surface area (Å²) in [6, 6.07) is 6.18. The Balaban J connectivity index is 1.94. The molecule has 0 spiro atoms. The highest BCUT2D eigenvalue weighted by Crippen LogP contribution is 2.13. The molecule has 13 nitrogen and oxygen atoms in total. The van der Waals surface area contributed by atoms with Crippen molar-refractivity contribution in [1.82, 2.24) is 46.8 Å². The molecule has 0 saturated carbocycles. The van der Waals surface area contributed by atoms with Gasteiger partial charge in [-0.25, -0.2) is 4.98 Å². The number of rotatable bonds is 23. The van der Waals surface area contributed by atoms with E-state index in [1.54, 1.807) is 12.5 Å². The third kappa shape index (κ3) is 15.0. The predicted octanol–water partition coefficient (Wildman–Crippen LogP) is 1.32. The van der Waals surface area contributed by atoms with Crippen molar-refractivity contribution in [3.63, 3.8) is 0 Å². The van der Waals surface area contributed by atoms with Crippen molar-refractivity contribution in [2.45, 2.75) is 79.1 Å². The zero-order valence-electron chi connectivity index (χ0n) is 29.9. The van der Waals surface area contributed by atoms with Crippen molar-refractivity contribution < 1.29 is 19.2 Å². The summed E-state index contributed by atoms with van der Waals surface area (Å²) in [5, 5.41) is 18.1. The predicted molar refractivity (Wildman–Crippen MR) is 189 cm³/mol. The molecule has 1 heterocycles. The Morgan fingerprint density at radius 3 is 1.96 bits per heavy atom. The molecule has 2 aromatic rings. The first-order valence-electron chi connectivity index (χ1n) is 17.2. The molecule has 0 aliphatic rings. The lowest BCUT2D eigenvalue weighted by molar-refractivity contribution is -0.134. The van der Waals surface area contributed by atoms with E-state index in [9.17, 15) is 19.2 Å². The van der Waals surface area contributed by atoms with Crippen molar-refractivity contribution in [3.05, 3.63) is 53.6 Å². The van der Waals surface area contributed by atoms with Gasteiger partial charge in [-0.15, -0.1) is 0 Å². The van der Waals surface area contributed by atoms with Crippen LogP contribution in [-0.4, -0.2) is 97.4 Å². The van der Waals surface area contributed by atoms with Crippen LogP contribution in [-0.2, 0) is 38.7 Å². The van der Waals surface area contributed by atoms with E-state index in [4.69, 9.17) is 0 Å². The fourth-order valence-corrected chi connectivity index (χ4v) is 5.14. The molecule has 48 heavy (non-hydrogen) atoms. The van der Waals surface area contributed by atoms with Crippen molar-refractivity contribution >= 4 is 23.6 Å². The maximum absolute atomic E-state index is 13.5. The number of carbonyl (C=O) groups excluding carboxylic acids is 4. The highest BCUT2D eigenvalue weighted by molar-refractivity contribution is 5.92. The van der Waals surface area contributed by atoms with Crippen LogP contribution in [0.4, 0.5) is 0 Å². The number of benzene rings is 1. The zero-order chi connectivity index (χ0) is 35.5. The number of carbonyl (C=O) groups is 4. The van der Waals surface area contributed by atoms with Gasteiger partial charge in [-0.3, -0.25) is 24.1 Å². The molecule has 0 aliphatic heterocycles. The van der Waals surface area contributed by atoms with Gasteiger partial charge in [-0.05, 0) is 43.5 Å². The van der Waals surface area contributed by atoms with Crippen LogP contribution < -0.4 is 31.9 Å². The summed E-state index contributed by atoms with van der Waals surface area (Å²) in [5.41, 5.74) is 2.70. The minimum Gasteiger partial charge on any atom is -0.351 e. The molecule has 2 rings (SSSR count). The Labute approximate surface area is 286 Å². The summed E-state index contributed by atoms with van der Waals surface area (Å²) in [7, 11) is 3.79. The van der Waals surface area contributed by atoms with Crippen molar-refractivity contribution in [3.8, 4) is 0 Å². The Bertz CT molecular complexity index is 1230. The number of nitrogens with one attached hydrogen (secondary N) is 7. The summed E-state index contributed by atoms with van der Waals surface area (Å²) in [4.78, 5) is 61.6. The van der Waals surface area contributed by atoms with Gasteiger partial charge in [0.1, 0.15) is 12.1 Å². The number of nitrogens with zero attached hydrogens (tertiary/aromatic N) is 2. The Hall–Kier alpha value is -3.81. The van der Waals surface area contributed by atoms with Crippen molar-refractivity contribution in [2.75, 3.05) is 46.8 Å². The van der Waals surface area contributed by atoms with Crippen LogP contribution in [0.1, 0.15) is 64.3 Å². The average Bonchev–Trinajstić information content (AvgIpc) is 3.58. The number of imidazole rings is 1. The molecule has 7 N–H and O–H groups in total. The van der Waals surface area contributed by atoms with Gasteiger partial charge < -0.3 is 36.9 Å². The number of hydrogen-bond donors (Lipinski definition) is 7. The molecule has 0 fully saturated rings. The van der Waals surface area contributed by atoms with Crippen LogP contribution in [0.3, 0.4) is 0 Å². The monoisotopic (exact) mass is 669 g/mol. The third-order valence-corrected chi connectivity index (χ3v) is 8.36. The lowest BCUT2D eigenvalue weighted by Crippen LogP contribution is -2.56. The molecule has 4 atom stereocenters. The first-order valence-corrected chi connectivity index (χ1v) is 17.2. The van der Waals surface area contributed by atoms with Gasteiger partial charge in [0, 0.05) is 63.5 Å². The van der Waals surface area contributed by atoms with Gasteiger partial charge in [-0.2, -0.15) is 0 Å². The number of aromatic amines is 1. The van der Waals surface area contributed by atoms with Crippen LogP contribution in [0.25, 0.3) is 0 Å². The van der Waals surface area contributed by atoms with Crippen molar-refractivity contribution in [1.29, 1.82) is 0 Å². The largest absolute Gasteiger partial charge is 0.351 e. The molecule has 0 bridgehead atoms. The molecule has 1 aromatic carbocycles. The summed E-state index contributed by atoms with van der Waals surface area (Å²) >= 11 is 0. The molecule has 1 aromatic heterocycles. The minimum atomic E-state index is -0.771. The lowest BCUT2D eigenvalue weighted by atomic mass is 9.95. The van der Waals surface area contributed by atoms with Gasteiger partial charge in [0.2, 0.25) is 23.6 Å². The van der Waals surface area contributed by atoms with E-state index in [0.29, 0.717) is 38.9 Å². The zero-order valence-corrected chi connectivity index (χ0v) is 29.9. The molecular weight excluding hydrogens is 610 g/mol. The number of H-pyrrole nitrogens is 1. The van der Waals surface area contributed by atoms with Gasteiger partial charge in [-0.1, -0.05) is 65.3 Å². The lowest BCUT2D eigenvalue weighted by Gasteiger charge is -2.28. The smallest absolute Gasteiger partial charge is 0.243 e.